The van der Waals surface area contributed by atoms with E-state index in [0.29, 0.717) is 11.4 Å². The topological polar surface area (TPSA) is 85.8 Å². The van der Waals surface area contributed by atoms with Gasteiger partial charge in [0.2, 0.25) is 17.6 Å². The molecule has 8 heteroatoms. The van der Waals surface area contributed by atoms with Crippen molar-refractivity contribution in [2.45, 2.75) is 20.0 Å². The second kappa shape index (κ2) is 7.52. The summed E-state index contributed by atoms with van der Waals surface area (Å²) in [5, 5.41) is 10.6. The molecule has 1 aromatic carbocycles. The van der Waals surface area contributed by atoms with E-state index in [1.807, 2.05) is 13.1 Å². The molecule has 128 valence electrons. The second-order valence-electron chi connectivity index (χ2n) is 5.17. The van der Waals surface area contributed by atoms with E-state index in [4.69, 9.17) is 4.52 Å². The van der Waals surface area contributed by atoms with Crippen LogP contribution in [-0.4, -0.2) is 25.8 Å². The van der Waals surface area contributed by atoms with E-state index >= 15 is 0 Å². The molecule has 2 heterocycles. The Bertz CT molecular complexity index is 900. The molecule has 0 unspecified atom stereocenters. The lowest BCUT2D eigenvalue weighted by Crippen LogP contribution is -2.20. The van der Waals surface area contributed by atoms with E-state index < -0.39 is 0 Å². The molecule has 7 nitrogen and oxygen atoms in total. The number of hydrogen-bond acceptors (Lipinski definition) is 5. The zero-order chi connectivity index (χ0) is 17.6. The van der Waals surface area contributed by atoms with Gasteiger partial charge in [-0.1, -0.05) is 23.4 Å². The van der Waals surface area contributed by atoms with Gasteiger partial charge in [-0.25, -0.2) is 4.39 Å². The van der Waals surface area contributed by atoms with Crippen molar-refractivity contribution < 1.29 is 13.7 Å². The smallest absolute Gasteiger partial charge is 0.246 e. The van der Waals surface area contributed by atoms with Crippen molar-refractivity contribution in [2.75, 3.05) is 0 Å². The Labute approximate surface area is 143 Å². The zero-order valence-corrected chi connectivity index (χ0v) is 13.5. The first kappa shape index (κ1) is 16.6. The van der Waals surface area contributed by atoms with E-state index in [-0.39, 0.29) is 24.2 Å². The van der Waals surface area contributed by atoms with Crippen LogP contribution in [0.25, 0.3) is 17.5 Å². The summed E-state index contributed by atoms with van der Waals surface area (Å²) < 4.78 is 20.3. The Morgan fingerprint density at radius 3 is 3.00 bits per heavy atom. The van der Waals surface area contributed by atoms with Crippen LogP contribution in [0, 0.1) is 5.82 Å². The van der Waals surface area contributed by atoms with Gasteiger partial charge >= 0.3 is 0 Å². The highest BCUT2D eigenvalue weighted by Gasteiger charge is 2.11. The lowest BCUT2D eigenvalue weighted by Gasteiger charge is -1.97. The molecule has 0 radical (unpaired) electrons. The molecule has 3 rings (SSSR count). The van der Waals surface area contributed by atoms with Crippen molar-refractivity contribution in [1.82, 2.24) is 25.2 Å². The van der Waals surface area contributed by atoms with Crippen molar-refractivity contribution >= 4 is 12.0 Å². The third kappa shape index (κ3) is 4.17. The van der Waals surface area contributed by atoms with Crippen LogP contribution in [0.4, 0.5) is 4.39 Å². The van der Waals surface area contributed by atoms with Crippen LogP contribution in [-0.2, 0) is 17.9 Å². The molecule has 0 fully saturated rings. The van der Waals surface area contributed by atoms with Crippen molar-refractivity contribution in [2.24, 2.45) is 0 Å². The van der Waals surface area contributed by atoms with Gasteiger partial charge < -0.3 is 9.84 Å². The molecule has 0 atom stereocenters. The maximum absolute atomic E-state index is 13.5. The number of halogens is 1. The van der Waals surface area contributed by atoms with Crippen LogP contribution in [0.15, 0.2) is 47.3 Å². The summed E-state index contributed by atoms with van der Waals surface area (Å²) in [5.74, 6) is -0.0970. The van der Waals surface area contributed by atoms with E-state index in [0.717, 1.165) is 12.1 Å². The largest absolute Gasteiger partial charge is 0.343 e. The number of aromatic nitrogens is 4. The van der Waals surface area contributed by atoms with Crippen LogP contribution < -0.4 is 5.32 Å². The first-order chi connectivity index (χ1) is 12.2. The summed E-state index contributed by atoms with van der Waals surface area (Å²) in [4.78, 5) is 16.0. The maximum Gasteiger partial charge on any atom is 0.246 e. The van der Waals surface area contributed by atoms with Gasteiger partial charge in [0.25, 0.3) is 0 Å². The molecule has 0 aliphatic carbocycles. The number of rotatable bonds is 6. The Hall–Kier alpha value is -3.29. The quantitative estimate of drug-likeness (QED) is 0.696. The van der Waals surface area contributed by atoms with E-state index in [9.17, 15) is 9.18 Å². The highest BCUT2D eigenvalue weighted by Crippen LogP contribution is 2.14. The van der Waals surface area contributed by atoms with Gasteiger partial charge in [-0.3, -0.25) is 9.48 Å². The molecule has 0 bridgehead atoms. The molecule has 25 heavy (non-hydrogen) atoms. The average molecular weight is 341 g/mol. The lowest BCUT2D eigenvalue weighted by atomic mass is 10.2. The van der Waals surface area contributed by atoms with Gasteiger partial charge in [-0.15, -0.1) is 0 Å². The second-order valence-corrected chi connectivity index (χ2v) is 5.17. The number of carbonyl (C=O) groups excluding carboxylic acids is 1. The predicted octanol–water partition coefficient (Wildman–Crippen LogP) is 2.42. The third-order valence-corrected chi connectivity index (χ3v) is 3.42. The minimum absolute atomic E-state index is 0.0787. The van der Waals surface area contributed by atoms with Crippen LogP contribution in [0.5, 0.6) is 0 Å². The summed E-state index contributed by atoms with van der Waals surface area (Å²) in [5.41, 5.74) is 1.08. The SMILES string of the molecule is CCn1cc(-c2noc(CNC(=O)/C=C/c3ccccc3F)n2)cn1. The summed E-state index contributed by atoms with van der Waals surface area (Å²) >= 11 is 0. The summed E-state index contributed by atoms with van der Waals surface area (Å²) in [6.45, 7) is 2.80. The number of nitrogens with zero attached hydrogens (tertiary/aromatic N) is 4. The fourth-order valence-electron chi connectivity index (χ4n) is 2.09. The Balaban J connectivity index is 1.57. The Kier molecular flexibility index (Phi) is 4.98. The molecule has 0 spiro atoms. The molecule has 0 aliphatic heterocycles. The summed E-state index contributed by atoms with van der Waals surface area (Å²) in [6.07, 6.45) is 6.11. The summed E-state index contributed by atoms with van der Waals surface area (Å²) in [7, 11) is 0. The fraction of sp³-hybridized carbons (Fsp3) is 0.176. The third-order valence-electron chi connectivity index (χ3n) is 3.42. The molecular formula is C17H16FN5O2. The van der Waals surface area contributed by atoms with Gasteiger partial charge in [0.05, 0.1) is 18.3 Å². The number of carbonyl (C=O) groups is 1. The van der Waals surface area contributed by atoms with Crippen LogP contribution in [0.2, 0.25) is 0 Å². The normalized spacial score (nSPS) is 11.1. The fourth-order valence-corrected chi connectivity index (χ4v) is 2.09. The molecule has 0 saturated heterocycles. The van der Waals surface area contributed by atoms with Gasteiger partial charge in [0.15, 0.2) is 0 Å². The van der Waals surface area contributed by atoms with E-state index in [1.165, 1.54) is 18.2 Å². The highest BCUT2D eigenvalue weighted by molar-refractivity contribution is 5.91. The first-order valence-corrected chi connectivity index (χ1v) is 7.71. The molecule has 3 aromatic rings. The zero-order valence-electron chi connectivity index (χ0n) is 13.5. The van der Waals surface area contributed by atoms with Gasteiger partial charge in [-0.2, -0.15) is 10.1 Å². The van der Waals surface area contributed by atoms with Crippen molar-refractivity contribution in [3.63, 3.8) is 0 Å². The van der Waals surface area contributed by atoms with E-state index in [2.05, 4.69) is 20.6 Å². The van der Waals surface area contributed by atoms with Gasteiger partial charge in [0, 0.05) is 24.4 Å². The van der Waals surface area contributed by atoms with Gasteiger partial charge in [-0.05, 0) is 19.1 Å². The molecule has 1 N–H and O–H groups in total. The number of hydrogen-bond donors (Lipinski definition) is 1. The molecule has 1 amide bonds. The molecular weight excluding hydrogens is 325 g/mol. The number of amides is 1. The number of aryl methyl sites for hydroxylation is 1. The Morgan fingerprint density at radius 2 is 2.24 bits per heavy atom. The minimum atomic E-state index is -0.388. The van der Waals surface area contributed by atoms with Crippen molar-refractivity contribution in [3.8, 4) is 11.4 Å². The standard InChI is InChI=1S/C17H16FN5O2/c1-2-23-11-13(9-20-23)17-21-16(25-22-17)10-19-15(24)8-7-12-5-3-4-6-14(12)18/h3-9,11H,2,10H2,1H3,(H,19,24)/b8-7+. The maximum atomic E-state index is 13.5. The van der Waals surface area contributed by atoms with Crippen LogP contribution >= 0.6 is 0 Å². The van der Waals surface area contributed by atoms with Crippen LogP contribution in [0.1, 0.15) is 18.4 Å². The lowest BCUT2D eigenvalue weighted by molar-refractivity contribution is -0.116. The van der Waals surface area contributed by atoms with Crippen LogP contribution in [0.3, 0.4) is 0 Å². The molecule has 0 aliphatic rings. The number of nitrogens with one attached hydrogen (secondary N) is 1. The van der Waals surface area contributed by atoms with E-state index in [1.54, 1.807) is 29.1 Å². The van der Waals surface area contributed by atoms with Crippen molar-refractivity contribution in [1.29, 1.82) is 0 Å². The van der Waals surface area contributed by atoms with Crippen molar-refractivity contribution in [3.05, 3.63) is 60.0 Å². The minimum Gasteiger partial charge on any atom is -0.343 e. The first-order valence-electron chi connectivity index (χ1n) is 7.71. The average Bonchev–Trinajstić information content (AvgIpc) is 3.28. The Morgan fingerprint density at radius 1 is 1.40 bits per heavy atom. The highest BCUT2D eigenvalue weighted by atomic mass is 19.1. The monoisotopic (exact) mass is 341 g/mol. The predicted molar refractivity (Wildman–Crippen MR) is 88.5 cm³/mol. The molecule has 0 saturated carbocycles. The van der Waals surface area contributed by atoms with Gasteiger partial charge in [0.1, 0.15) is 5.82 Å². The molecule has 2 aromatic heterocycles. The number of benzene rings is 1. The summed E-state index contributed by atoms with van der Waals surface area (Å²) in [6, 6.07) is 6.20.